The lowest BCUT2D eigenvalue weighted by Crippen LogP contribution is -2.67. The van der Waals surface area contributed by atoms with Crippen molar-refractivity contribution in [1.29, 1.82) is 0 Å². The number of hydrogen-bond acceptors (Lipinski definition) is 5. The Kier molecular flexibility index (Phi) is 5.17. The molecule has 0 unspecified atom stereocenters. The Morgan fingerprint density at radius 1 is 1.03 bits per heavy atom. The van der Waals surface area contributed by atoms with Gasteiger partial charge >= 0.3 is 12.1 Å². The van der Waals surface area contributed by atoms with Gasteiger partial charge in [0.1, 0.15) is 6.61 Å². The maximum Gasteiger partial charge on any atom is 0.407 e. The van der Waals surface area contributed by atoms with Crippen LogP contribution in [0.4, 0.5) is 4.79 Å². The summed E-state index contributed by atoms with van der Waals surface area (Å²) in [6.07, 6.45) is -0.616. The molecule has 0 atom stereocenters. The summed E-state index contributed by atoms with van der Waals surface area (Å²) in [6.45, 7) is -0.235. The number of fused-ring (bicyclic) bond motifs is 3. The summed E-state index contributed by atoms with van der Waals surface area (Å²) in [7, 11) is 0. The maximum atomic E-state index is 12.1. The summed E-state index contributed by atoms with van der Waals surface area (Å²) in [4.78, 5) is 36.2. The minimum absolute atomic E-state index is 0.000105. The fourth-order valence-electron chi connectivity index (χ4n) is 3.98. The quantitative estimate of drug-likeness (QED) is 0.666. The van der Waals surface area contributed by atoms with Gasteiger partial charge in [0.25, 0.3) is 0 Å². The second-order valence-corrected chi connectivity index (χ2v) is 7.59. The zero-order valence-electron chi connectivity index (χ0n) is 16.2. The van der Waals surface area contributed by atoms with Crippen LogP contribution in [0.2, 0.25) is 0 Å². The van der Waals surface area contributed by atoms with Crippen molar-refractivity contribution in [3.05, 3.63) is 59.7 Å². The maximum absolute atomic E-state index is 12.1. The lowest BCUT2D eigenvalue weighted by atomic mass is 9.94. The van der Waals surface area contributed by atoms with Crippen LogP contribution >= 0.6 is 0 Å². The molecule has 0 radical (unpaired) electrons. The third-order valence-electron chi connectivity index (χ3n) is 5.61. The second kappa shape index (κ2) is 7.79. The Morgan fingerprint density at radius 2 is 1.60 bits per heavy atom. The smallest absolute Gasteiger partial charge is 0.407 e. The SMILES string of the molecule is O=C(NCCC(=O)N1CC(O)(C(=O)O)C1)OCC1c2ccccc2-c2ccccc21. The number of nitrogens with zero attached hydrogens (tertiary/aromatic N) is 1. The van der Waals surface area contributed by atoms with Gasteiger partial charge in [-0.3, -0.25) is 4.79 Å². The Balaban J connectivity index is 1.25. The number of alkyl carbamates (subject to hydrolysis) is 1. The van der Waals surface area contributed by atoms with Crippen molar-refractivity contribution < 1.29 is 29.3 Å². The van der Waals surface area contributed by atoms with Gasteiger partial charge in [-0.05, 0) is 22.3 Å². The molecule has 1 fully saturated rings. The van der Waals surface area contributed by atoms with E-state index in [1.165, 1.54) is 4.90 Å². The van der Waals surface area contributed by atoms with Crippen LogP contribution in [-0.4, -0.2) is 64.9 Å². The molecule has 1 saturated heterocycles. The Bertz CT molecular complexity index is 953. The van der Waals surface area contributed by atoms with Crippen LogP contribution in [0.5, 0.6) is 0 Å². The second-order valence-electron chi connectivity index (χ2n) is 7.59. The third kappa shape index (κ3) is 3.61. The number of carbonyl (C=O) groups excluding carboxylic acids is 2. The topological polar surface area (TPSA) is 116 Å². The molecule has 1 heterocycles. The molecule has 2 aromatic carbocycles. The number of aliphatic hydroxyl groups is 1. The zero-order chi connectivity index (χ0) is 21.3. The number of nitrogens with one attached hydrogen (secondary N) is 1. The number of aliphatic carboxylic acids is 1. The standard InChI is InChI=1S/C22H22N2O6/c25-19(24-12-22(29,13-24)20(26)27)9-10-23-21(28)30-11-18-16-7-3-1-5-14(16)15-6-2-4-8-17(15)18/h1-8,18,29H,9-13H2,(H,23,28)(H,26,27). The summed E-state index contributed by atoms with van der Waals surface area (Å²) in [5.41, 5.74) is 2.65. The van der Waals surface area contributed by atoms with Crippen LogP contribution in [-0.2, 0) is 14.3 Å². The zero-order valence-corrected chi connectivity index (χ0v) is 16.2. The van der Waals surface area contributed by atoms with Crippen molar-refractivity contribution in [2.75, 3.05) is 26.2 Å². The normalized spacial score (nSPS) is 16.2. The summed E-state index contributed by atoms with van der Waals surface area (Å²) in [6, 6.07) is 16.1. The summed E-state index contributed by atoms with van der Waals surface area (Å²) in [5.74, 6) is -1.72. The minimum atomic E-state index is -1.87. The molecule has 0 aromatic heterocycles. The van der Waals surface area contributed by atoms with E-state index in [9.17, 15) is 19.5 Å². The Hall–Kier alpha value is -3.39. The van der Waals surface area contributed by atoms with E-state index >= 15 is 0 Å². The molecule has 30 heavy (non-hydrogen) atoms. The number of carboxylic acid groups (broad SMARTS) is 1. The third-order valence-corrected chi connectivity index (χ3v) is 5.61. The van der Waals surface area contributed by atoms with Crippen molar-refractivity contribution in [2.45, 2.75) is 17.9 Å². The average Bonchev–Trinajstić information content (AvgIpc) is 3.03. The van der Waals surface area contributed by atoms with E-state index < -0.39 is 17.7 Å². The number of β-amino-alcohol motifs (C(OH)–C–C–N with tert-alkyl or cyclic N) is 1. The molecule has 2 aromatic rings. The first-order valence-electron chi connectivity index (χ1n) is 9.71. The van der Waals surface area contributed by atoms with Gasteiger partial charge in [0.05, 0.1) is 13.1 Å². The molecular formula is C22H22N2O6. The van der Waals surface area contributed by atoms with Gasteiger partial charge < -0.3 is 25.2 Å². The highest BCUT2D eigenvalue weighted by atomic mass is 16.5. The largest absolute Gasteiger partial charge is 0.479 e. The van der Waals surface area contributed by atoms with E-state index in [2.05, 4.69) is 17.4 Å². The van der Waals surface area contributed by atoms with Crippen molar-refractivity contribution in [2.24, 2.45) is 0 Å². The van der Waals surface area contributed by atoms with E-state index in [1.54, 1.807) is 0 Å². The Labute approximate surface area is 173 Å². The average molecular weight is 410 g/mol. The summed E-state index contributed by atoms with van der Waals surface area (Å²) in [5, 5.41) is 21.0. The fraction of sp³-hybridized carbons (Fsp3) is 0.318. The number of carboxylic acids is 1. The van der Waals surface area contributed by atoms with E-state index in [4.69, 9.17) is 9.84 Å². The van der Waals surface area contributed by atoms with Crippen molar-refractivity contribution in [3.8, 4) is 11.1 Å². The van der Waals surface area contributed by atoms with Gasteiger partial charge in [0.15, 0.2) is 5.60 Å². The van der Waals surface area contributed by atoms with Crippen LogP contribution < -0.4 is 5.32 Å². The van der Waals surface area contributed by atoms with Crippen LogP contribution in [0, 0.1) is 0 Å². The van der Waals surface area contributed by atoms with E-state index in [1.807, 2.05) is 36.4 Å². The highest BCUT2D eigenvalue weighted by molar-refractivity contribution is 5.85. The van der Waals surface area contributed by atoms with E-state index in [0.717, 1.165) is 22.3 Å². The summed E-state index contributed by atoms with van der Waals surface area (Å²) < 4.78 is 5.39. The number of ether oxygens (including phenoxy) is 1. The first kappa shape index (κ1) is 19.9. The number of rotatable bonds is 6. The van der Waals surface area contributed by atoms with Crippen LogP contribution in [0.1, 0.15) is 23.5 Å². The van der Waals surface area contributed by atoms with Crippen LogP contribution in [0.15, 0.2) is 48.5 Å². The highest BCUT2D eigenvalue weighted by Gasteiger charge is 2.49. The minimum Gasteiger partial charge on any atom is -0.479 e. The molecule has 1 aliphatic carbocycles. The molecular weight excluding hydrogens is 388 g/mol. The molecule has 1 aliphatic heterocycles. The van der Waals surface area contributed by atoms with Crippen LogP contribution in [0.3, 0.4) is 0 Å². The summed E-state index contributed by atoms with van der Waals surface area (Å²) >= 11 is 0. The molecule has 156 valence electrons. The predicted molar refractivity (Wildman–Crippen MR) is 107 cm³/mol. The van der Waals surface area contributed by atoms with Crippen molar-refractivity contribution in [1.82, 2.24) is 10.2 Å². The molecule has 0 bridgehead atoms. The lowest BCUT2D eigenvalue weighted by Gasteiger charge is -2.43. The number of amides is 2. The number of hydrogen-bond donors (Lipinski definition) is 3. The van der Waals surface area contributed by atoms with Gasteiger partial charge in [-0.15, -0.1) is 0 Å². The van der Waals surface area contributed by atoms with Crippen LogP contribution in [0.25, 0.3) is 11.1 Å². The van der Waals surface area contributed by atoms with Gasteiger partial charge in [-0.25, -0.2) is 9.59 Å². The fourth-order valence-corrected chi connectivity index (χ4v) is 3.98. The molecule has 8 heteroatoms. The molecule has 3 N–H and O–H groups in total. The van der Waals surface area contributed by atoms with Crippen molar-refractivity contribution in [3.63, 3.8) is 0 Å². The number of likely N-dealkylation sites (tertiary alicyclic amines) is 1. The van der Waals surface area contributed by atoms with E-state index in [-0.39, 0.29) is 44.5 Å². The lowest BCUT2D eigenvalue weighted by molar-refractivity contribution is -0.182. The molecule has 4 rings (SSSR count). The Morgan fingerprint density at radius 3 is 2.17 bits per heavy atom. The number of carbonyl (C=O) groups is 3. The van der Waals surface area contributed by atoms with E-state index in [0.29, 0.717) is 0 Å². The highest BCUT2D eigenvalue weighted by Crippen LogP contribution is 2.44. The van der Waals surface area contributed by atoms with Crippen molar-refractivity contribution >= 4 is 18.0 Å². The molecule has 0 saturated carbocycles. The monoisotopic (exact) mass is 410 g/mol. The molecule has 2 amide bonds. The number of benzene rings is 2. The predicted octanol–water partition coefficient (Wildman–Crippen LogP) is 1.57. The first-order valence-corrected chi connectivity index (χ1v) is 9.71. The van der Waals surface area contributed by atoms with Gasteiger partial charge in [0, 0.05) is 18.9 Å². The van der Waals surface area contributed by atoms with Gasteiger partial charge in [-0.1, -0.05) is 48.5 Å². The molecule has 2 aliphatic rings. The first-order chi connectivity index (χ1) is 14.4. The van der Waals surface area contributed by atoms with Gasteiger partial charge in [0.2, 0.25) is 5.91 Å². The molecule has 0 spiro atoms. The molecule has 8 nitrogen and oxygen atoms in total. The van der Waals surface area contributed by atoms with Gasteiger partial charge in [-0.2, -0.15) is 0 Å².